The summed E-state index contributed by atoms with van der Waals surface area (Å²) in [4.78, 5) is 0. The number of rotatable bonds is 8. The van der Waals surface area contributed by atoms with Gasteiger partial charge >= 0.3 is 0 Å². The molecule has 0 aliphatic heterocycles. The second kappa shape index (κ2) is 7.57. The topological polar surface area (TPSA) is 29.9 Å². The minimum Gasteiger partial charge on any atom is -0.310 e. The van der Waals surface area contributed by atoms with E-state index in [0.29, 0.717) is 6.04 Å². The van der Waals surface area contributed by atoms with Gasteiger partial charge in [-0.15, -0.1) is 0 Å². The fourth-order valence-electron chi connectivity index (χ4n) is 2.33. The van der Waals surface area contributed by atoms with Crippen LogP contribution in [0, 0.1) is 13.8 Å². The van der Waals surface area contributed by atoms with Crippen molar-refractivity contribution in [2.24, 2.45) is 7.05 Å². The molecule has 0 saturated carbocycles. The van der Waals surface area contributed by atoms with E-state index >= 15 is 0 Å². The third-order valence-electron chi connectivity index (χ3n) is 3.78. The summed E-state index contributed by atoms with van der Waals surface area (Å²) >= 11 is 0. The van der Waals surface area contributed by atoms with E-state index < -0.39 is 0 Å². The molecule has 1 aromatic rings. The molecular weight excluding hydrogens is 222 g/mol. The van der Waals surface area contributed by atoms with Crippen molar-refractivity contribution < 1.29 is 0 Å². The Morgan fingerprint density at radius 3 is 2.50 bits per heavy atom. The van der Waals surface area contributed by atoms with Gasteiger partial charge in [0, 0.05) is 30.9 Å². The summed E-state index contributed by atoms with van der Waals surface area (Å²) in [5.41, 5.74) is 3.79. The third kappa shape index (κ3) is 4.45. The highest BCUT2D eigenvalue weighted by Crippen LogP contribution is 2.12. The van der Waals surface area contributed by atoms with Gasteiger partial charge in [0.1, 0.15) is 0 Å². The molecule has 18 heavy (non-hydrogen) atoms. The van der Waals surface area contributed by atoms with E-state index in [1.807, 2.05) is 11.7 Å². The maximum absolute atomic E-state index is 4.45. The van der Waals surface area contributed by atoms with Gasteiger partial charge in [-0.25, -0.2) is 0 Å². The average molecular weight is 251 g/mol. The lowest BCUT2D eigenvalue weighted by Gasteiger charge is -2.13. The SMILES string of the molecule is CCCCCCC(C)NCc1c(C)nn(C)c1C. The molecule has 0 radical (unpaired) electrons. The number of aromatic nitrogens is 2. The zero-order valence-electron chi connectivity index (χ0n) is 12.7. The Kier molecular flexibility index (Phi) is 6.41. The molecule has 104 valence electrons. The lowest BCUT2D eigenvalue weighted by atomic mass is 10.1. The molecule has 3 heteroatoms. The van der Waals surface area contributed by atoms with E-state index in [0.717, 1.165) is 12.2 Å². The Morgan fingerprint density at radius 2 is 1.94 bits per heavy atom. The van der Waals surface area contributed by atoms with E-state index in [1.165, 1.54) is 43.4 Å². The summed E-state index contributed by atoms with van der Waals surface area (Å²) in [6, 6.07) is 0.598. The molecule has 0 aliphatic carbocycles. The molecule has 0 spiro atoms. The third-order valence-corrected chi connectivity index (χ3v) is 3.78. The van der Waals surface area contributed by atoms with E-state index in [2.05, 4.69) is 38.1 Å². The van der Waals surface area contributed by atoms with Crippen LogP contribution in [0.25, 0.3) is 0 Å². The summed E-state index contributed by atoms with van der Waals surface area (Å²) in [6.07, 6.45) is 6.67. The van der Waals surface area contributed by atoms with Crippen molar-refractivity contribution in [3.63, 3.8) is 0 Å². The van der Waals surface area contributed by atoms with Gasteiger partial charge in [-0.2, -0.15) is 5.10 Å². The standard InChI is InChI=1S/C15H29N3/c1-6-7-8-9-10-12(2)16-11-15-13(3)17-18(5)14(15)4/h12,16H,6-11H2,1-5H3. The van der Waals surface area contributed by atoms with Gasteiger partial charge < -0.3 is 5.32 Å². The van der Waals surface area contributed by atoms with E-state index in [1.54, 1.807) is 0 Å². The number of nitrogens with zero attached hydrogens (tertiary/aromatic N) is 2. The van der Waals surface area contributed by atoms with Crippen molar-refractivity contribution in [3.05, 3.63) is 17.0 Å². The monoisotopic (exact) mass is 251 g/mol. The molecule has 1 unspecified atom stereocenters. The molecule has 0 aliphatic rings. The highest BCUT2D eigenvalue weighted by atomic mass is 15.3. The van der Waals surface area contributed by atoms with E-state index in [4.69, 9.17) is 0 Å². The second-order valence-electron chi connectivity index (χ2n) is 5.40. The average Bonchev–Trinajstić information content (AvgIpc) is 2.57. The quantitative estimate of drug-likeness (QED) is 0.717. The molecule has 3 nitrogen and oxygen atoms in total. The summed E-state index contributed by atoms with van der Waals surface area (Å²) in [7, 11) is 2.01. The van der Waals surface area contributed by atoms with Gasteiger partial charge in [-0.1, -0.05) is 32.6 Å². The highest BCUT2D eigenvalue weighted by molar-refractivity contribution is 5.24. The largest absolute Gasteiger partial charge is 0.310 e. The first kappa shape index (κ1) is 15.2. The molecular formula is C15H29N3. The Morgan fingerprint density at radius 1 is 1.22 bits per heavy atom. The molecule has 1 N–H and O–H groups in total. The number of hydrogen-bond acceptors (Lipinski definition) is 2. The summed E-state index contributed by atoms with van der Waals surface area (Å²) < 4.78 is 1.97. The van der Waals surface area contributed by atoms with Gasteiger partial charge in [-0.3, -0.25) is 4.68 Å². The summed E-state index contributed by atoms with van der Waals surface area (Å²) in [5, 5.41) is 8.07. The number of aryl methyl sites for hydroxylation is 2. The van der Waals surface area contributed by atoms with Gasteiger partial charge in [0.25, 0.3) is 0 Å². The van der Waals surface area contributed by atoms with Crippen molar-refractivity contribution in [1.29, 1.82) is 0 Å². The summed E-state index contributed by atoms with van der Waals surface area (Å²) in [5.74, 6) is 0. The van der Waals surface area contributed by atoms with Crippen molar-refractivity contribution in [2.45, 2.75) is 72.4 Å². The molecule has 0 amide bonds. The maximum atomic E-state index is 4.45. The Labute approximate surface area is 112 Å². The predicted octanol–water partition coefficient (Wildman–Crippen LogP) is 3.49. The molecule has 0 fully saturated rings. The van der Waals surface area contributed by atoms with Crippen LogP contribution in [-0.4, -0.2) is 15.8 Å². The van der Waals surface area contributed by atoms with Crippen LogP contribution in [0.1, 0.15) is 62.9 Å². The summed E-state index contributed by atoms with van der Waals surface area (Å²) in [6.45, 7) is 9.72. The fourth-order valence-corrected chi connectivity index (χ4v) is 2.33. The first-order valence-electron chi connectivity index (χ1n) is 7.28. The first-order chi connectivity index (χ1) is 8.56. The normalized spacial score (nSPS) is 12.9. The van der Waals surface area contributed by atoms with Crippen LogP contribution in [-0.2, 0) is 13.6 Å². The maximum Gasteiger partial charge on any atom is 0.0641 e. The second-order valence-corrected chi connectivity index (χ2v) is 5.40. The fraction of sp³-hybridized carbons (Fsp3) is 0.800. The van der Waals surface area contributed by atoms with E-state index in [9.17, 15) is 0 Å². The lowest BCUT2D eigenvalue weighted by molar-refractivity contribution is 0.481. The van der Waals surface area contributed by atoms with Crippen LogP contribution >= 0.6 is 0 Å². The van der Waals surface area contributed by atoms with Crippen LogP contribution in [0.2, 0.25) is 0 Å². The van der Waals surface area contributed by atoms with Crippen LogP contribution < -0.4 is 5.32 Å². The molecule has 1 rings (SSSR count). The van der Waals surface area contributed by atoms with E-state index in [-0.39, 0.29) is 0 Å². The molecule has 1 aromatic heterocycles. The minimum atomic E-state index is 0.598. The molecule has 0 bridgehead atoms. The van der Waals surface area contributed by atoms with Gasteiger partial charge in [0.2, 0.25) is 0 Å². The Balaban J connectivity index is 2.31. The first-order valence-corrected chi connectivity index (χ1v) is 7.28. The van der Waals surface area contributed by atoms with Crippen LogP contribution in [0.5, 0.6) is 0 Å². The predicted molar refractivity (Wildman–Crippen MR) is 77.7 cm³/mol. The smallest absolute Gasteiger partial charge is 0.0641 e. The Bertz CT molecular complexity index is 355. The number of unbranched alkanes of at least 4 members (excludes halogenated alkanes) is 3. The van der Waals surface area contributed by atoms with Gasteiger partial charge in [-0.05, 0) is 27.2 Å². The molecule has 0 aromatic carbocycles. The molecule has 1 heterocycles. The molecule has 0 saturated heterocycles. The highest BCUT2D eigenvalue weighted by Gasteiger charge is 2.10. The van der Waals surface area contributed by atoms with Crippen molar-refractivity contribution in [1.82, 2.24) is 15.1 Å². The number of nitrogens with one attached hydrogen (secondary N) is 1. The van der Waals surface area contributed by atoms with Crippen molar-refractivity contribution in [2.75, 3.05) is 0 Å². The van der Waals surface area contributed by atoms with Crippen LogP contribution in [0.3, 0.4) is 0 Å². The zero-order chi connectivity index (χ0) is 13.5. The van der Waals surface area contributed by atoms with Crippen molar-refractivity contribution in [3.8, 4) is 0 Å². The van der Waals surface area contributed by atoms with Crippen LogP contribution in [0.15, 0.2) is 0 Å². The number of hydrogen-bond donors (Lipinski definition) is 1. The Hall–Kier alpha value is -0.830. The lowest BCUT2D eigenvalue weighted by Crippen LogP contribution is -2.25. The van der Waals surface area contributed by atoms with Gasteiger partial charge in [0.15, 0.2) is 0 Å². The van der Waals surface area contributed by atoms with Gasteiger partial charge in [0.05, 0.1) is 5.69 Å². The minimum absolute atomic E-state index is 0.598. The zero-order valence-corrected chi connectivity index (χ0v) is 12.7. The molecule has 1 atom stereocenters. The van der Waals surface area contributed by atoms with Crippen molar-refractivity contribution >= 4 is 0 Å². The van der Waals surface area contributed by atoms with Crippen LogP contribution in [0.4, 0.5) is 0 Å².